The van der Waals surface area contributed by atoms with E-state index in [9.17, 15) is 9.59 Å². The van der Waals surface area contributed by atoms with Crippen molar-refractivity contribution in [3.8, 4) is 5.69 Å². The maximum Gasteiger partial charge on any atom is 0.321 e. The minimum atomic E-state index is -0.514. The molecule has 1 unspecified atom stereocenters. The van der Waals surface area contributed by atoms with Gasteiger partial charge in [0.2, 0.25) is 5.91 Å². The number of hydrogen-bond acceptors (Lipinski definition) is 4. The molecule has 22 heavy (non-hydrogen) atoms. The third-order valence-electron chi connectivity index (χ3n) is 3.00. The molecule has 0 fully saturated rings. The van der Waals surface area contributed by atoms with Crippen LogP contribution in [0.25, 0.3) is 5.69 Å². The van der Waals surface area contributed by atoms with Crippen molar-refractivity contribution in [3.05, 3.63) is 42.2 Å². The van der Waals surface area contributed by atoms with E-state index in [4.69, 9.17) is 0 Å². The second-order valence-electron chi connectivity index (χ2n) is 4.75. The predicted octanol–water partition coefficient (Wildman–Crippen LogP) is 2.12. The van der Waals surface area contributed by atoms with Crippen LogP contribution in [0.15, 0.2) is 41.8 Å². The van der Waals surface area contributed by atoms with Gasteiger partial charge >= 0.3 is 6.03 Å². The molecule has 1 atom stereocenters. The number of urea groups is 1. The first kappa shape index (κ1) is 16.1. The standard InChI is InChI=1S/C15H18N4O2S/c1-10-5-4-6-12(9-10)19-8-7-17-15(19)22-11(2)13(20)18-14(21)16-3/h4-9,11H,1-3H3,(H2,16,18,20,21). The number of aryl methyl sites for hydroxylation is 1. The third kappa shape index (κ3) is 3.88. The average Bonchev–Trinajstić information content (AvgIpc) is 2.95. The van der Waals surface area contributed by atoms with Crippen molar-refractivity contribution in [1.29, 1.82) is 0 Å². The van der Waals surface area contributed by atoms with E-state index >= 15 is 0 Å². The fourth-order valence-electron chi connectivity index (χ4n) is 1.84. The van der Waals surface area contributed by atoms with Crippen molar-refractivity contribution in [2.75, 3.05) is 7.05 Å². The first-order chi connectivity index (χ1) is 10.5. The molecule has 0 spiro atoms. The van der Waals surface area contributed by atoms with Crippen molar-refractivity contribution in [2.24, 2.45) is 0 Å². The highest BCUT2D eigenvalue weighted by Gasteiger charge is 2.19. The first-order valence-electron chi connectivity index (χ1n) is 6.81. The third-order valence-corrected chi connectivity index (χ3v) is 4.08. The Hall–Kier alpha value is -2.28. The van der Waals surface area contributed by atoms with Gasteiger partial charge in [-0.05, 0) is 31.5 Å². The molecule has 2 aromatic rings. The van der Waals surface area contributed by atoms with Gasteiger partial charge in [-0.1, -0.05) is 23.9 Å². The van der Waals surface area contributed by atoms with E-state index in [0.29, 0.717) is 5.16 Å². The number of imide groups is 1. The maximum absolute atomic E-state index is 11.9. The summed E-state index contributed by atoms with van der Waals surface area (Å²) in [4.78, 5) is 27.4. The molecular formula is C15H18N4O2S. The number of thioether (sulfide) groups is 1. The van der Waals surface area contributed by atoms with E-state index in [1.165, 1.54) is 18.8 Å². The van der Waals surface area contributed by atoms with Gasteiger partial charge in [-0.25, -0.2) is 9.78 Å². The van der Waals surface area contributed by atoms with E-state index < -0.39 is 11.3 Å². The number of imidazole rings is 1. The molecular weight excluding hydrogens is 300 g/mol. The van der Waals surface area contributed by atoms with Crippen LogP contribution in [0.1, 0.15) is 12.5 Å². The number of benzene rings is 1. The van der Waals surface area contributed by atoms with Gasteiger partial charge in [0.1, 0.15) is 0 Å². The van der Waals surface area contributed by atoms with E-state index in [1.807, 2.05) is 42.0 Å². The topological polar surface area (TPSA) is 76.0 Å². The summed E-state index contributed by atoms with van der Waals surface area (Å²) in [7, 11) is 1.46. The number of rotatable bonds is 4. The van der Waals surface area contributed by atoms with E-state index in [2.05, 4.69) is 15.6 Å². The lowest BCUT2D eigenvalue weighted by Crippen LogP contribution is -2.41. The zero-order valence-corrected chi connectivity index (χ0v) is 13.5. The second-order valence-corrected chi connectivity index (χ2v) is 6.06. The van der Waals surface area contributed by atoms with Gasteiger partial charge in [-0.3, -0.25) is 14.7 Å². The number of amides is 3. The molecule has 0 saturated carbocycles. The molecule has 0 bridgehead atoms. The molecule has 3 amide bonds. The Bertz CT molecular complexity index is 684. The van der Waals surface area contributed by atoms with E-state index in [0.717, 1.165) is 11.3 Å². The minimum Gasteiger partial charge on any atom is -0.341 e. The molecule has 1 aromatic heterocycles. The van der Waals surface area contributed by atoms with E-state index in [1.54, 1.807) is 13.1 Å². The molecule has 2 N–H and O–H groups in total. The summed E-state index contributed by atoms with van der Waals surface area (Å²) in [5.74, 6) is -0.358. The van der Waals surface area contributed by atoms with E-state index in [-0.39, 0.29) is 5.91 Å². The van der Waals surface area contributed by atoms with Gasteiger partial charge in [0.15, 0.2) is 5.16 Å². The lowest BCUT2D eigenvalue weighted by atomic mass is 10.2. The number of carbonyl (C=O) groups is 2. The van der Waals surface area contributed by atoms with Crippen LogP contribution < -0.4 is 10.6 Å². The average molecular weight is 318 g/mol. The molecule has 0 aliphatic rings. The quantitative estimate of drug-likeness (QED) is 0.847. The van der Waals surface area contributed by atoms with Crippen LogP contribution in [0.4, 0.5) is 4.79 Å². The molecule has 7 heteroatoms. The van der Waals surface area contributed by atoms with Crippen molar-refractivity contribution in [3.63, 3.8) is 0 Å². The monoisotopic (exact) mass is 318 g/mol. The summed E-state index contributed by atoms with van der Waals surface area (Å²) in [5.41, 5.74) is 2.13. The fraction of sp³-hybridized carbons (Fsp3) is 0.267. The largest absolute Gasteiger partial charge is 0.341 e. The lowest BCUT2D eigenvalue weighted by molar-refractivity contribution is -0.119. The van der Waals surface area contributed by atoms with Gasteiger partial charge < -0.3 is 5.32 Å². The first-order valence-corrected chi connectivity index (χ1v) is 7.69. The summed E-state index contributed by atoms with van der Waals surface area (Å²) in [6.07, 6.45) is 3.54. The second kappa shape index (κ2) is 7.13. The Kier molecular flexibility index (Phi) is 5.21. The maximum atomic E-state index is 11.9. The van der Waals surface area contributed by atoms with Gasteiger partial charge in [0, 0.05) is 25.1 Å². The Labute approximate surface area is 133 Å². The molecule has 0 aliphatic carbocycles. The van der Waals surface area contributed by atoms with Crippen LogP contribution >= 0.6 is 11.8 Å². The molecule has 1 aromatic carbocycles. The van der Waals surface area contributed by atoms with Crippen LogP contribution in [0.3, 0.4) is 0 Å². The highest BCUT2D eigenvalue weighted by Crippen LogP contribution is 2.24. The molecule has 6 nitrogen and oxygen atoms in total. The molecule has 0 aliphatic heterocycles. The van der Waals surface area contributed by atoms with Crippen molar-refractivity contribution in [1.82, 2.24) is 20.2 Å². The van der Waals surface area contributed by atoms with Crippen LogP contribution in [0.2, 0.25) is 0 Å². The highest BCUT2D eigenvalue weighted by atomic mass is 32.2. The summed E-state index contributed by atoms with van der Waals surface area (Å²) < 4.78 is 1.92. The Morgan fingerprint density at radius 1 is 1.36 bits per heavy atom. The van der Waals surface area contributed by atoms with Crippen LogP contribution in [-0.2, 0) is 4.79 Å². The smallest absolute Gasteiger partial charge is 0.321 e. The van der Waals surface area contributed by atoms with Gasteiger partial charge in [0.05, 0.1) is 5.25 Å². The fourth-order valence-corrected chi connectivity index (χ4v) is 2.72. The zero-order chi connectivity index (χ0) is 16.1. The van der Waals surface area contributed by atoms with Crippen LogP contribution in [-0.4, -0.2) is 33.8 Å². The molecule has 116 valence electrons. The van der Waals surface area contributed by atoms with Gasteiger partial charge in [-0.2, -0.15) is 0 Å². The SMILES string of the molecule is CNC(=O)NC(=O)C(C)Sc1nccn1-c1cccc(C)c1. The van der Waals surface area contributed by atoms with Gasteiger partial charge in [0.25, 0.3) is 0 Å². The predicted molar refractivity (Wildman–Crippen MR) is 86.2 cm³/mol. The van der Waals surface area contributed by atoms with Crippen LogP contribution in [0.5, 0.6) is 0 Å². The van der Waals surface area contributed by atoms with Crippen molar-refractivity contribution in [2.45, 2.75) is 24.3 Å². The van der Waals surface area contributed by atoms with Crippen LogP contribution in [0, 0.1) is 6.92 Å². The zero-order valence-electron chi connectivity index (χ0n) is 12.7. The van der Waals surface area contributed by atoms with Gasteiger partial charge in [-0.15, -0.1) is 0 Å². The molecule has 1 heterocycles. The molecule has 0 radical (unpaired) electrons. The number of nitrogens with zero attached hydrogens (tertiary/aromatic N) is 2. The van der Waals surface area contributed by atoms with Crippen molar-refractivity contribution >= 4 is 23.7 Å². The number of carbonyl (C=O) groups excluding carboxylic acids is 2. The molecule has 0 saturated heterocycles. The summed E-state index contributed by atoms with van der Waals surface area (Å²) in [5, 5.41) is 4.87. The Morgan fingerprint density at radius 2 is 2.14 bits per heavy atom. The summed E-state index contributed by atoms with van der Waals surface area (Å²) >= 11 is 1.30. The normalized spacial score (nSPS) is 11.8. The summed E-state index contributed by atoms with van der Waals surface area (Å²) in [6.45, 7) is 3.75. The number of nitrogens with one attached hydrogen (secondary N) is 2. The Balaban J connectivity index is 2.13. The number of hydrogen-bond donors (Lipinski definition) is 2. The Morgan fingerprint density at radius 3 is 2.82 bits per heavy atom. The van der Waals surface area contributed by atoms with Crippen molar-refractivity contribution < 1.29 is 9.59 Å². The lowest BCUT2D eigenvalue weighted by Gasteiger charge is -2.12. The minimum absolute atomic E-state index is 0.358. The number of aromatic nitrogens is 2. The summed E-state index contributed by atoms with van der Waals surface area (Å²) in [6, 6.07) is 7.50. The molecule has 2 rings (SSSR count). The highest BCUT2D eigenvalue weighted by molar-refractivity contribution is 8.00.